The van der Waals surface area contributed by atoms with Gasteiger partial charge in [0.15, 0.2) is 5.72 Å². The van der Waals surface area contributed by atoms with Crippen LogP contribution in [-0.4, -0.2) is 33.7 Å². The summed E-state index contributed by atoms with van der Waals surface area (Å²) in [6.45, 7) is 10.1. The van der Waals surface area contributed by atoms with Crippen molar-refractivity contribution in [2.75, 3.05) is 0 Å². The molecule has 3 heterocycles. The summed E-state index contributed by atoms with van der Waals surface area (Å²) in [6, 6.07) is 7.43. The third-order valence-electron chi connectivity index (χ3n) is 6.52. The number of ether oxygens (including phenoxy) is 1. The summed E-state index contributed by atoms with van der Waals surface area (Å²) in [5.41, 5.74) is 6.01. The van der Waals surface area contributed by atoms with E-state index in [2.05, 4.69) is 41.7 Å². The van der Waals surface area contributed by atoms with Crippen LogP contribution in [0.25, 0.3) is 0 Å². The highest BCUT2D eigenvalue weighted by Crippen LogP contribution is 2.57. The summed E-state index contributed by atoms with van der Waals surface area (Å²) in [4.78, 5) is 19.9. The Morgan fingerprint density at radius 3 is 2.56 bits per heavy atom. The first-order valence-electron chi connectivity index (χ1n) is 10.6. The van der Waals surface area contributed by atoms with Gasteiger partial charge in [-0.1, -0.05) is 44.5 Å². The molecule has 2 aromatic rings. The van der Waals surface area contributed by atoms with Crippen LogP contribution in [0.15, 0.2) is 41.0 Å². The molecule has 1 aromatic carbocycles. The quantitative estimate of drug-likeness (QED) is 0.548. The molecule has 0 radical (unpaired) electrons. The summed E-state index contributed by atoms with van der Waals surface area (Å²) >= 11 is 9.59. The third kappa shape index (κ3) is 3.67. The Bertz CT molecular complexity index is 1060. The van der Waals surface area contributed by atoms with Crippen molar-refractivity contribution >= 4 is 33.5 Å². The van der Waals surface area contributed by atoms with Crippen molar-refractivity contribution < 1.29 is 13.9 Å². The van der Waals surface area contributed by atoms with Gasteiger partial charge >= 0.3 is 5.97 Å². The predicted octanol–water partition coefficient (Wildman–Crippen LogP) is 5.36. The number of carbonyl (C=O) groups is 1. The Hall–Kier alpha value is -1.54. The fraction of sp³-hybridized carbons (Fsp3) is 0.500. The second-order valence-corrected chi connectivity index (χ2v) is 11.7. The molecule has 32 heavy (non-hydrogen) atoms. The fourth-order valence-electron chi connectivity index (χ4n) is 5.37. The highest BCUT2D eigenvalue weighted by Gasteiger charge is 2.69. The molecule has 172 valence electrons. The van der Waals surface area contributed by atoms with Gasteiger partial charge in [-0.25, -0.2) is 9.29 Å². The lowest BCUT2D eigenvalue weighted by Crippen LogP contribution is -2.56. The molecule has 4 atom stereocenters. The number of fused-ring (bicyclic) bond motifs is 1. The van der Waals surface area contributed by atoms with E-state index in [1.165, 1.54) is 6.07 Å². The summed E-state index contributed by atoms with van der Waals surface area (Å²) in [7, 11) is 0. The van der Waals surface area contributed by atoms with Crippen molar-refractivity contribution in [1.29, 1.82) is 0 Å². The number of aromatic nitrogens is 1. The van der Waals surface area contributed by atoms with Gasteiger partial charge in [-0.05, 0) is 65.4 Å². The number of halogens is 3. The monoisotopic (exact) mass is 523 g/mol. The molecule has 0 unspecified atom stereocenters. The summed E-state index contributed by atoms with van der Waals surface area (Å²) in [5, 5.41) is -0.00920. The van der Waals surface area contributed by atoms with Crippen molar-refractivity contribution in [3.8, 4) is 0 Å². The van der Waals surface area contributed by atoms with Gasteiger partial charge < -0.3 is 10.5 Å². The maximum atomic E-state index is 15.4. The summed E-state index contributed by atoms with van der Waals surface area (Å²) < 4.78 is 22.0. The van der Waals surface area contributed by atoms with Crippen molar-refractivity contribution in [3.05, 3.63) is 63.1 Å². The lowest BCUT2D eigenvalue weighted by Gasteiger charge is -2.43. The van der Waals surface area contributed by atoms with E-state index in [0.717, 1.165) is 4.47 Å². The number of nitrogens with two attached hydrogens (primary N) is 1. The van der Waals surface area contributed by atoms with E-state index in [1.807, 2.05) is 30.9 Å². The number of hydrogen-bond donors (Lipinski definition) is 1. The normalized spacial score (nSPS) is 29.8. The van der Waals surface area contributed by atoms with Gasteiger partial charge in [-0.15, -0.1) is 0 Å². The van der Waals surface area contributed by atoms with Crippen LogP contribution >= 0.6 is 27.5 Å². The lowest BCUT2D eigenvalue weighted by atomic mass is 9.70. The van der Waals surface area contributed by atoms with E-state index < -0.39 is 35.0 Å². The van der Waals surface area contributed by atoms with E-state index in [1.54, 1.807) is 18.3 Å². The number of hydrogen-bond acceptors (Lipinski definition) is 5. The first kappa shape index (κ1) is 23.6. The molecular weight excluding hydrogens is 497 g/mol. The Morgan fingerprint density at radius 2 is 1.97 bits per heavy atom. The van der Waals surface area contributed by atoms with Crippen LogP contribution in [0.4, 0.5) is 4.39 Å². The number of carbonyl (C=O) groups excluding carboxylic acids is 1. The van der Waals surface area contributed by atoms with E-state index in [4.69, 9.17) is 22.1 Å². The molecule has 0 bridgehead atoms. The molecule has 5 nitrogen and oxygen atoms in total. The van der Waals surface area contributed by atoms with Crippen LogP contribution in [0, 0.1) is 11.2 Å². The molecule has 4 rings (SSSR count). The summed E-state index contributed by atoms with van der Waals surface area (Å²) in [5.74, 6) is -1.72. The average Bonchev–Trinajstić information content (AvgIpc) is 3.06. The highest BCUT2D eigenvalue weighted by atomic mass is 79.9. The SMILES string of the molecule is CC(C)(C)C[C@@H]1N2[C@@H](C(=O)OC2(C)C)[C@H](c2cccc(Cl)c2F)[C@@]1(N)c1ccc(Br)cn1. The van der Waals surface area contributed by atoms with Crippen LogP contribution in [0.2, 0.25) is 5.02 Å². The molecule has 2 saturated heterocycles. The van der Waals surface area contributed by atoms with E-state index in [0.29, 0.717) is 17.7 Å². The second-order valence-electron chi connectivity index (χ2n) is 10.4. The molecule has 0 amide bonds. The Morgan fingerprint density at radius 1 is 1.28 bits per heavy atom. The molecular formula is C24H28BrClFN3O2. The van der Waals surface area contributed by atoms with Gasteiger partial charge in [0, 0.05) is 22.6 Å². The van der Waals surface area contributed by atoms with Gasteiger partial charge in [0.05, 0.1) is 16.3 Å². The van der Waals surface area contributed by atoms with Crippen molar-refractivity contribution in [1.82, 2.24) is 9.88 Å². The number of cyclic esters (lactones) is 1. The standard InChI is InChI=1S/C24H28BrClFN3O2/c1-22(2,3)11-17-24(28,16-10-9-13(25)12-29-16)18(14-7-6-8-15(26)19(14)27)20-21(31)32-23(4,5)30(17)20/h6-10,12,17-18,20H,11,28H2,1-5H3/t17-,18-,20+,24+/m0/s1. The van der Waals surface area contributed by atoms with Crippen LogP contribution in [0.1, 0.15) is 58.2 Å². The predicted molar refractivity (Wildman–Crippen MR) is 126 cm³/mol. The number of benzene rings is 1. The molecule has 8 heteroatoms. The van der Waals surface area contributed by atoms with Crippen LogP contribution in [-0.2, 0) is 15.1 Å². The molecule has 0 spiro atoms. The number of pyridine rings is 1. The first-order chi connectivity index (χ1) is 14.8. The number of nitrogens with zero attached hydrogens (tertiary/aromatic N) is 2. The first-order valence-corrected chi connectivity index (χ1v) is 11.8. The maximum absolute atomic E-state index is 15.4. The highest BCUT2D eigenvalue weighted by molar-refractivity contribution is 9.10. The average molecular weight is 525 g/mol. The van der Waals surface area contributed by atoms with Crippen molar-refractivity contribution in [2.45, 2.75) is 70.3 Å². The zero-order valence-electron chi connectivity index (χ0n) is 18.8. The molecule has 2 fully saturated rings. The van der Waals surface area contributed by atoms with Gasteiger partial charge in [0.1, 0.15) is 11.9 Å². The molecule has 2 aliphatic heterocycles. The Kier molecular flexibility index (Phi) is 5.72. The molecule has 2 N–H and O–H groups in total. The summed E-state index contributed by atoms with van der Waals surface area (Å²) in [6.07, 6.45) is 2.33. The fourth-order valence-corrected chi connectivity index (χ4v) is 5.79. The minimum absolute atomic E-state index is 0.00920. The Labute approximate surface area is 201 Å². The van der Waals surface area contributed by atoms with Crippen LogP contribution in [0.5, 0.6) is 0 Å². The number of esters is 1. The van der Waals surface area contributed by atoms with Crippen molar-refractivity contribution in [2.24, 2.45) is 11.1 Å². The van der Waals surface area contributed by atoms with E-state index in [-0.39, 0.29) is 16.5 Å². The molecule has 0 aliphatic carbocycles. The smallest absolute Gasteiger partial charge is 0.325 e. The molecule has 2 aliphatic rings. The van der Waals surface area contributed by atoms with Crippen LogP contribution in [0.3, 0.4) is 0 Å². The number of rotatable bonds is 3. The van der Waals surface area contributed by atoms with Gasteiger partial charge in [-0.3, -0.25) is 9.78 Å². The zero-order chi connectivity index (χ0) is 23.6. The van der Waals surface area contributed by atoms with E-state index >= 15 is 4.39 Å². The maximum Gasteiger partial charge on any atom is 0.325 e. The van der Waals surface area contributed by atoms with Gasteiger partial charge in [0.2, 0.25) is 0 Å². The Balaban J connectivity index is 2.03. The van der Waals surface area contributed by atoms with Crippen molar-refractivity contribution in [3.63, 3.8) is 0 Å². The molecule has 0 saturated carbocycles. The largest absolute Gasteiger partial charge is 0.443 e. The topological polar surface area (TPSA) is 68.5 Å². The third-order valence-corrected chi connectivity index (χ3v) is 7.29. The van der Waals surface area contributed by atoms with Crippen LogP contribution < -0.4 is 5.73 Å². The van der Waals surface area contributed by atoms with Gasteiger partial charge in [-0.2, -0.15) is 0 Å². The molecule has 1 aromatic heterocycles. The minimum Gasteiger partial charge on any atom is -0.443 e. The lowest BCUT2D eigenvalue weighted by molar-refractivity contribution is -0.152. The zero-order valence-corrected chi connectivity index (χ0v) is 21.2. The van der Waals surface area contributed by atoms with E-state index in [9.17, 15) is 4.79 Å². The minimum atomic E-state index is -1.17. The van der Waals surface area contributed by atoms with Gasteiger partial charge in [0.25, 0.3) is 0 Å². The second kappa shape index (κ2) is 7.76.